The van der Waals surface area contributed by atoms with Gasteiger partial charge >= 0.3 is 0 Å². The number of aromatic nitrogens is 1. The van der Waals surface area contributed by atoms with Crippen LogP contribution in [-0.4, -0.2) is 49.4 Å². The second-order valence-corrected chi connectivity index (χ2v) is 5.31. The van der Waals surface area contributed by atoms with Gasteiger partial charge in [-0.2, -0.15) is 0 Å². The summed E-state index contributed by atoms with van der Waals surface area (Å²) in [5, 5.41) is 0. The smallest absolute Gasteiger partial charge is 0.246 e. The van der Waals surface area contributed by atoms with Crippen molar-refractivity contribution in [2.45, 2.75) is 0 Å². The van der Waals surface area contributed by atoms with Crippen molar-refractivity contribution in [3.8, 4) is 11.5 Å². The fourth-order valence-electron chi connectivity index (χ4n) is 2.16. The third-order valence-corrected chi connectivity index (χ3v) is 3.57. The second-order valence-electron chi connectivity index (χ2n) is 5.31. The number of likely N-dealkylation sites (N-methyl/N-ethyl adjacent to an activating group) is 1. The van der Waals surface area contributed by atoms with Gasteiger partial charge in [0.25, 0.3) is 0 Å². The lowest BCUT2D eigenvalue weighted by atomic mass is 10.1. The van der Waals surface area contributed by atoms with Gasteiger partial charge in [0, 0.05) is 31.1 Å². The molecule has 0 bridgehead atoms. The van der Waals surface area contributed by atoms with Gasteiger partial charge in [-0.15, -0.1) is 0 Å². The number of carbonyl (C=O) groups excluding carboxylic acids is 2. The molecule has 0 aliphatic rings. The number of pyridine rings is 1. The quantitative estimate of drug-likeness (QED) is 0.572. The Morgan fingerprint density at radius 2 is 1.92 bits per heavy atom. The summed E-state index contributed by atoms with van der Waals surface area (Å²) >= 11 is 0. The molecule has 0 saturated heterocycles. The van der Waals surface area contributed by atoms with Crippen LogP contribution in [0, 0.1) is 0 Å². The summed E-state index contributed by atoms with van der Waals surface area (Å²) in [6.07, 6.45) is 6.39. The van der Waals surface area contributed by atoms with Crippen molar-refractivity contribution in [3.63, 3.8) is 0 Å². The molecule has 0 fully saturated rings. The zero-order chi connectivity index (χ0) is 18.2. The number of hydrogen-bond donors (Lipinski definition) is 0. The van der Waals surface area contributed by atoms with Gasteiger partial charge in [0.15, 0.2) is 17.3 Å². The molecular weight excluding hydrogens is 320 g/mol. The third-order valence-electron chi connectivity index (χ3n) is 3.57. The van der Waals surface area contributed by atoms with Crippen molar-refractivity contribution < 1.29 is 19.1 Å². The fraction of sp³-hybridized carbons (Fsp3) is 0.211. The summed E-state index contributed by atoms with van der Waals surface area (Å²) in [6, 6.07) is 8.54. The number of benzene rings is 1. The van der Waals surface area contributed by atoms with E-state index < -0.39 is 0 Å². The number of amides is 1. The summed E-state index contributed by atoms with van der Waals surface area (Å²) < 4.78 is 10.3. The van der Waals surface area contributed by atoms with Crippen molar-refractivity contribution in [2.75, 3.05) is 27.8 Å². The highest BCUT2D eigenvalue weighted by atomic mass is 16.5. The zero-order valence-electron chi connectivity index (χ0n) is 14.4. The monoisotopic (exact) mass is 340 g/mol. The molecule has 6 heteroatoms. The number of ether oxygens (including phenoxy) is 2. The number of carbonyl (C=O) groups is 2. The van der Waals surface area contributed by atoms with Crippen LogP contribution in [0.2, 0.25) is 0 Å². The predicted molar refractivity (Wildman–Crippen MR) is 94.8 cm³/mol. The van der Waals surface area contributed by atoms with Gasteiger partial charge in [-0.25, -0.2) is 0 Å². The topological polar surface area (TPSA) is 68.7 Å². The Hall–Kier alpha value is -3.15. The average molecular weight is 340 g/mol. The Morgan fingerprint density at radius 1 is 1.16 bits per heavy atom. The van der Waals surface area contributed by atoms with Crippen LogP contribution in [0.5, 0.6) is 11.5 Å². The molecule has 1 heterocycles. The summed E-state index contributed by atoms with van der Waals surface area (Å²) in [4.78, 5) is 29.8. The molecule has 130 valence electrons. The first-order chi connectivity index (χ1) is 12.0. The number of rotatable bonds is 7. The molecule has 0 atom stereocenters. The maximum atomic E-state index is 12.4. The van der Waals surface area contributed by atoms with Gasteiger partial charge in [-0.05, 0) is 35.9 Å². The number of nitrogens with zero attached hydrogens (tertiary/aromatic N) is 2. The number of ketones is 1. The molecular formula is C19H20N2O4. The minimum Gasteiger partial charge on any atom is -0.493 e. The Balaban J connectivity index is 2.02. The molecule has 1 aromatic carbocycles. The highest BCUT2D eigenvalue weighted by Crippen LogP contribution is 2.27. The van der Waals surface area contributed by atoms with Crippen LogP contribution in [0.15, 0.2) is 48.8 Å². The van der Waals surface area contributed by atoms with E-state index in [1.54, 1.807) is 49.8 Å². The molecule has 0 aliphatic carbocycles. The minimum absolute atomic E-state index is 0.0360. The average Bonchev–Trinajstić information content (AvgIpc) is 2.66. The SMILES string of the molecule is COc1ccc(C(=O)CN(C)C(=O)C=Cc2cccnc2)cc1OC. The zero-order valence-corrected chi connectivity index (χ0v) is 14.4. The first-order valence-corrected chi connectivity index (χ1v) is 7.63. The number of methoxy groups -OCH3 is 2. The molecule has 0 unspecified atom stereocenters. The van der Waals surface area contributed by atoms with Crippen molar-refractivity contribution in [3.05, 3.63) is 59.9 Å². The Bertz CT molecular complexity index is 772. The van der Waals surface area contributed by atoms with Crippen LogP contribution in [-0.2, 0) is 4.79 Å². The predicted octanol–water partition coefficient (Wildman–Crippen LogP) is 2.45. The normalized spacial score (nSPS) is 10.5. The van der Waals surface area contributed by atoms with Crippen LogP contribution in [0.1, 0.15) is 15.9 Å². The minimum atomic E-state index is -0.266. The number of Topliss-reactive ketones (excluding diaryl/α,β-unsaturated/α-hetero) is 1. The van der Waals surface area contributed by atoms with Crippen LogP contribution < -0.4 is 9.47 Å². The lowest BCUT2D eigenvalue weighted by Gasteiger charge is -2.15. The first kappa shape index (κ1) is 18.2. The molecule has 0 aliphatic heterocycles. The lowest BCUT2D eigenvalue weighted by molar-refractivity contribution is -0.124. The van der Waals surface area contributed by atoms with E-state index >= 15 is 0 Å². The third kappa shape index (κ3) is 4.91. The highest BCUT2D eigenvalue weighted by molar-refractivity contribution is 6.01. The molecule has 25 heavy (non-hydrogen) atoms. The summed E-state index contributed by atoms with van der Waals surface area (Å²) in [5.74, 6) is 0.561. The van der Waals surface area contributed by atoms with E-state index in [9.17, 15) is 9.59 Å². The van der Waals surface area contributed by atoms with Crippen molar-refractivity contribution in [1.82, 2.24) is 9.88 Å². The molecule has 6 nitrogen and oxygen atoms in total. The Morgan fingerprint density at radius 3 is 2.56 bits per heavy atom. The van der Waals surface area contributed by atoms with Crippen LogP contribution in [0.3, 0.4) is 0 Å². The van der Waals surface area contributed by atoms with Gasteiger partial charge in [-0.3, -0.25) is 14.6 Å². The standard InChI is InChI=1S/C19H20N2O4/c1-21(19(23)9-6-14-5-4-10-20-12-14)13-16(22)15-7-8-17(24-2)18(11-15)25-3/h4-12H,13H2,1-3H3. The highest BCUT2D eigenvalue weighted by Gasteiger charge is 2.15. The Labute approximate surface area is 146 Å². The molecule has 0 radical (unpaired) electrons. The van der Waals surface area contributed by atoms with E-state index in [-0.39, 0.29) is 18.2 Å². The van der Waals surface area contributed by atoms with E-state index in [1.807, 2.05) is 6.07 Å². The largest absolute Gasteiger partial charge is 0.493 e. The van der Waals surface area contributed by atoms with Crippen molar-refractivity contribution in [2.24, 2.45) is 0 Å². The van der Waals surface area contributed by atoms with E-state index in [0.717, 1.165) is 5.56 Å². The molecule has 1 amide bonds. The molecule has 0 saturated carbocycles. The van der Waals surface area contributed by atoms with Gasteiger partial charge in [-0.1, -0.05) is 6.07 Å². The van der Waals surface area contributed by atoms with Gasteiger partial charge in [0.05, 0.1) is 20.8 Å². The summed E-state index contributed by atoms with van der Waals surface area (Å²) in [7, 11) is 4.61. The fourth-order valence-corrected chi connectivity index (χ4v) is 2.16. The molecule has 0 N–H and O–H groups in total. The van der Waals surface area contributed by atoms with Gasteiger partial charge in [0.1, 0.15) is 0 Å². The Kier molecular flexibility index (Phi) is 6.28. The van der Waals surface area contributed by atoms with Crippen molar-refractivity contribution >= 4 is 17.8 Å². The summed E-state index contributed by atoms with van der Waals surface area (Å²) in [5.41, 5.74) is 1.27. The molecule has 1 aromatic heterocycles. The first-order valence-electron chi connectivity index (χ1n) is 7.63. The second kappa shape index (κ2) is 8.63. The van der Waals surface area contributed by atoms with E-state index in [0.29, 0.717) is 17.1 Å². The van der Waals surface area contributed by atoms with Crippen LogP contribution in [0.25, 0.3) is 6.08 Å². The van der Waals surface area contributed by atoms with Gasteiger partial charge in [0.2, 0.25) is 5.91 Å². The van der Waals surface area contributed by atoms with E-state index in [1.165, 1.54) is 25.2 Å². The molecule has 2 rings (SSSR count). The van der Waals surface area contributed by atoms with Crippen molar-refractivity contribution in [1.29, 1.82) is 0 Å². The molecule has 0 spiro atoms. The van der Waals surface area contributed by atoms with Crippen LogP contribution >= 0.6 is 0 Å². The molecule has 2 aromatic rings. The maximum Gasteiger partial charge on any atom is 0.246 e. The maximum absolute atomic E-state index is 12.4. The van der Waals surface area contributed by atoms with Gasteiger partial charge < -0.3 is 14.4 Å². The van der Waals surface area contributed by atoms with Crippen LogP contribution in [0.4, 0.5) is 0 Å². The summed E-state index contributed by atoms with van der Waals surface area (Å²) in [6.45, 7) is -0.0360. The van der Waals surface area contributed by atoms with E-state index in [4.69, 9.17) is 9.47 Å². The number of hydrogen-bond acceptors (Lipinski definition) is 5. The lowest BCUT2D eigenvalue weighted by Crippen LogP contribution is -2.30. The van der Waals surface area contributed by atoms with E-state index in [2.05, 4.69) is 4.98 Å².